The lowest BCUT2D eigenvalue weighted by Gasteiger charge is -2.29. The summed E-state index contributed by atoms with van der Waals surface area (Å²) in [4.78, 5) is 0. The maximum atomic E-state index is 10.5. The van der Waals surface area contributed by atoms with Crippen molar-refractivity contribution in [1.82, 2.24) is 0 Å². The molecule has 0 radical (unpaired) electrons. The number of hydrogen-bond donors (Lipinski definition) is 2. The molecule has 98 valence electrons. The molecule has 2 atom stereocenters. The van der Waals surface area contributed by atoms with E-state index >= 15 is 0 Å². The van der Waals surface area contributed by atoms with Crippen molar-refractivity contribution in [1.29, 1.82) is 5.53 Å². The summed E-state index contributed by atoms with van der Waals surface area (Å²) in [6, 6.07) is 16.3. The second kappa shape index (κ2) is 5.51. The molecule has 0 aliphatic carbocycles. The highest BCUT2D eigenvalue weighted by molar-refractivity contribution is 6.30. The Morgan fingerprint density at radius 2 is 1.68 bits per heavy atom. The van der Waals surface area contributed by atoms with Gasteiger partial charge in [0.1, 0.15) is 11.6 Å². The summed E-state index contributed by atoms with van der Waals surface area (Å²) in [6.07, 6.45) is -0.898. The van der Waals surface area contributed by atoms with Gasteiger partial charge in [0.15, 0.2) is 0 Å². The molecule has 2 aromatic rings. The van der Waals surface area contributed by atoms with E-state index in [4.69, 9.17) is 17.1 Å². The standard InChI is InChI=1S/C15H15ClN2O/c1-15(18-17,12-5-3-2-4-6-12)14(19)11-7-9-13(16)10-8-11/h2-10,14,17,19H,1H3/t14-,15+/m1/s1. The van der Waals surface area contributed by atoms with Gasteiger partial charge in [0.2, 0.25) is 0 Å². The average Bonchev–Trinajstić information content (AvgIpc) is 2.47. The van der Waals surface area contributed by atoms with E-state index in [1.165, 1.54) is 0 Å². The van der Waals surface area contributed by atoms with E-state index < -0.39 is 11.6 Å². The molecule has 19 heavy (non-hydrogen) atoms. The lowest BCUT2D eigenvalue weighted by atomic mass is 9.84. The van der Waals surface area contributed by atoms with Gasteiger partial charge in [-0.15, -0.1) is 0 Å². The van der Waals surface area contributed by atoms with E-state index in [1.807, 2.05) is 30.3 Å². The maximum Gasteiger partial charge on any atom is 0.133 e. The minimum atomic E-state index is -1.00. The van der Waals surface area contributed by atoms with Crippen molar-refractivity contribution in [2.24, 2.45) is 5.11 Å². The fourth-order valence-corrected chi connectivity index (χ4v) is 2.15. The van der Waals surface area contributed by atoms with Gasteiger partial charge in [-0.25, -0.2) is 5.53 Å². The summed E-state index contributed by atoms with van der Waals surface area (Å²) in [5.41, 5.74) is 7.94. The summed E-state index contributed by atoms with van der Waals surface area (Å²) < 4.78 is 0. The van der Waals surface area contributed by atoms with Crippen LogP contribution in [0.25, 0.3) is 0 Å². The van der Waals surface area contributed by atoms with E-state index in [-0.39, 0.29) is 0 Å². The first-order valence-corrected chi connectivity index (χ1v) is 6.33. The largest absolute Gasteiger partial charge is 0.385 e. The number of rotatable bonds is 4. The lowest BCUT2D eigenvalue weighted by molar-refractivity contribution is 0.0884. The molecule has 0 fully saturated rings. The molecule has 0 aliphatic heterocycles. The zero-order valence-electron chi connectivity index (χ0n) is 10.5. The van der Waals surface area contributed by atoms with Gasteiger partial charge in [-0.05, 0) is 30.2 Å². The first-order chi connectivity index (χ1) is 9.08. The highest BCUT2D eigenvalue weighted by atomic mass is 35.5. The molecule has 0 aliphatic rings. The Hall–Kier alpha value is -1.71. The zero-order chi connectivity index (χ0) is 13.9. The number of halogens is 1. The highest BCUT2D eigenvalue weighted by Crippen LogP contribution is 2.38. The molecular weight excluding hydrogens is 260 g/mol. The highest BCUT2D eigenvalue weighted by Gasteiger charge is 2.35. The number of nitrogens with one attached hydrogen (secondary N) is 1. The topological polar surface area (TPSA) is 56.4 Å². The molecule has 0 amide bonds. The zero-order valence-corrected chi connectivity index (χ0v) is 11.3. The van der Waals surface area contributed by atoms with Crippen LogP contribution in [-0.2, 0) is 5.54 Å². The van der Waals surface area contributed by atoms with E-state index in [2.05, 4.69) is 5.11 Å². The number of benzene rings is 2. The Morgan fingerprint density at radius 1 is 1.11 bits per heavy atom. The number of hydrogen-bond acceptors (Lipinski definition) is 3. The second-order valence-electron chi connectivity index (χ2n) is 4.58. The van der Waals surface area contributed by atoms with Crippen LogP contribution >= 0.6 is 11.6 Å². The molecular formula is C15H15ClN2O. The lowest BCUT2D eigenvalue weighted by Crippen LogP contribution is -2.27. The van der Waals surface area contributed by atoms with Gasteiger partial charge in [0.25, 0.3) is 0 Å². The third-order valence-corrected chi connectivity index (χ3v) is 3.56. The van der Waals surface area contributed by atoms with E-state index in [0.717, 1.165) is 5.56 Å². The molecule has 0 bridgehead atoms. The second-order valence-corrected chi connectivity index (χ2v) is 5.02. The van der Waals surface area contributed by atoms with Crippen LogP contribution in [0.5, 0.6) is 0 Å². The summed E-state index contributed by atoms with van der Waals surface area (Å²) in [6.45, 7) is 1.74. The van der Waals surface area contributed by atoms with Crippen molar-refractivity contribution in [2.45, 2.75) is 18.6 Å². The van der Waals surface area contributed by atoms with Crippen molar-refractivity contribution in [3.8, 4) is 0 Å². The Balaban J connectivity index is 2.41. The third-order valence-electron chi connectivity index (χ3n) is 3.31. The quantitative estimate of drug-likeness (QED) is 0.802. The number of aliphatic hydroxyl groups excluding tert-OH is 1. The first-order valence-electron chi connectivity index (χ1n) is 5.95. The number of nitrogens with zero attached hydrogens (tertiary/aromatic N) is 1. The smallest absolute Gasteiger partial charge is 0.133 e. The fourth-order valence-electron chi connectivity index (χ4n) is 2.03. The monoisotopic (exact) mass is 274 g/mol. The van der Waals surface area contributed by atoms with Crippen LogP contribution in [0, 0.1) is 5.53 Å². The van der Waals surface area contributed by atoms with Crippen molar-refractivity contribution in [3.05, 3.63) is 70.7 Å². The van der Waals surface area contributed by atoms with Gasteiger partial charge in [-0.2, -0.15) is 5.11 Å². The molecule has 0 saturated carbocycles. The van der Waals surface area contributed by atoms with Crippen LogP contribution in [0.2, 0.25) is 5.02 Å². The van der Waals surface area contributed by atoms with Crippen LogP contribution in [-0.4, -0.2) is 5.11 Å². The molecule has 2 rings (SSSR count). The number of aliphatic hydroxyl groups is 1. The molecule has 0 saturated heterocycles. The summed E-state index contributed by atoms with van der Waals surface area (Å²) in [7, 11) is 0. The van der Waals surface area contributed by atoms with E-state index in [1.54, 1.807) is 31.2 Å². The Labute approximate surface area is 117 Å². The normalized spacial score (nSPS) is 15.5. The minimum absolute atomic E-state index is 0.611. The SMILES string of the molecule is C[C@](N=N)(c1ccccc1)[C@H](O)c1ccc(Cl)cc1. The third kappa shape index (κ3) is 2.67. The molecule has 4 heteroatoms. The summed E-state index contributed by atoms with van der Waals surface area (Å²) in [5, 5.41) is 14.8. The molecule has 2 aromatic carbocycles. The van der Waals surface area contributed by atoms with Crippen molar-refractivity contribution < 1.29 is 5.11 Å². The van der Waals surface area contributed by atoms with Gasteiger partial charge < -0.3 is 5.11 Å². The predicted molar refractivity (Wildman–Crippen MR) is 75.4 cm³/mol. The molecule has 0 unspecified atom stereocenters. The van der Waals surface area contributed by atoms with Crippen molar-refractivity contribution in [3.63, 3.8) is 0 Å². The fraction of sp³-hybridized carbons (Fsp3) is 0.200. The molecule has 3 nitrogen and oxygen atoms in total. The van der Waals surface area contributed by atoms with Gasteiger partial charge in [-0.3, -0.25) is 0 Å². The molecule has 0 heterocycles. The summed E-state index contributed by atoms with van der Waals surface area (Å²) >= 11 is 5.84. The average molecular weight is 275 g/mol. The Kier molecular flexibility index (Phi) is 3.98. The van der Waals surface area contributed by atoms with Crippen LogP contribution in [0.4, 0.5) is 0 Å². The van der Waals surface area contributed by atoms with Gasteiger partial charge in [0.05, 0.1) is 0 Å². The van der Waals surface area contributed by atoms with Crippen molar-refractivity contribution >= 4 is 11.6 Å². The summed E-state index contributed by atoms with van der Waals surface area (Å²) in [5.74, 6) is 0. The van der Waals surface area contributed by atoms with Gasteiger partial charge in [0, 0.05) is 5.02 Å². The van der Waals surface area contributed by atoms with Crippen LogP contribution in [0.3, 0.4) is 0 Å². The van der Waals surface area contributed by atoms with E-state index in [0.29, 0.717) is 10.6 Å². The molecule has 0 spiro atoms. The van der Waals surface area contributed by atoms with Crippen molar-refractivity contribution in [2.75, 3.05) is 0 Å². The molecule has 2 N–H and O–H groups in total. The minimum Gasteiger partial charge on any atom is -0.385 e. The first kappa shape index (κ1) is 13.7. The van der Waals surface area contributed by atoms with Gasteiger partial charge >= 0.3 is 0 Å². The van der Waals surface area contributed by atoms with Crippen LogP contribution in [0.15, 0.2) is 59.7 Å². The van der Waals surface area contributed by atoms with E-state index in [9.17, 15) is 5.11 Å². The Bertz CT molecular complexity index is 556. The van der Waals surface area contributed by atoms with Crippen LogP contribution in [0.1, 0.15) is 24.2 Å². The predicted octanol–water partition coefficient (Wildman–Crippen LogP) is 4.32. The van der Waals surface area contributed by atoms with Crippen LogP contribution < -0.4 is 0 Å². The van der Waals surface area contributed by atoms with Gasteiger partial charge in [-0.1, -0.05) is 54.1 Å². The maximum absolute atomic E-state index is 10.5. The molecule has 0 aromatic heterocycles. The Morgan fingerprint density at radius 3 is 2.21 bits per heavy atom.